The van der Waals surface area contributed by atoms with Crippen molar-refractivity contribution >= 4 is 18.4 Å². The highest BCUT2D eigenvalue weighted by molar-refractivity contribution is 5.85. The van der Waals surface area contributed by atoms with Crippen molar-refractivity contribution in [2.45, 2.75) is 18.9 Å². The fraction of sp³-hybridized carbons (Fsp3) is 0.417. The Kier molecular flexibility index (Phi) is 5.94. The lowest BCUT2D eigenvalue weighted by molar-refractivity contribution is -0.146. The third kappa shape index (κ3) is 3.78. The van der Waals surface area contributed by atoms with Crippen LogP contribution in [0, 0.1) is 0 Å². The fourth-order valence-electron chi connectivity index (χ4n) is 1.57. The zero-order valence-electron chi connectivity index (χ0n) is 10.6. The van der Waals surface area contributed by atoms with Gasteiger partial charge in [0, 0.05) is 6.42 Å². The number of phenols is 1. The van der Waals surface area contributed by atoms with Crippen molar-refractivity contribution in [2.75, 3.05) is 14.2 Å². The molecule has 1 aromatic carbocycles. The van der Waals surface area contributed by atoms with Gasteiger partial charge in [0.05, 0.1) is 14.2 Å². The van der Waals surface area contributed by atoms with E-state index in [1.165, 1.54) is 20.3 Å². The second-order valence-electron chi connectivity index (χ2n) is 4.09. The third-order valence-corrected chi connectivity index (χ3v) is 2.47. The number of methoxy groups -OCH3 is 2. The maximum absolute atomic E-state index is 11.4. The minimum Gasteiger partial charge on any atom is -0.504 e. The van der Waals surface area contributed by atoms with Crippen molar-refractivity contribution in [2.24, 2.45) is 5.73 Å². The first-order valence-corrected chi connectivity index (χ1v) is 5.14. The second kappa shape index (κ2) is 6.47. The lowest BCUT2D eigenvalue weighted by Crippen LogP contribution is -2.47. The summed E-state index contributed by atoms with van der Waals surface area (Å²) >= 11 is 0. The van der Waals surface area contributed by atoms with E-state index in [9.17, 15) is 9.90 Å². The van der Waals surface area contributed by atoms with E-state index < -0.39 is 11.5 Å². The quantitative estimate of drug-likeness (QED) is 0.809. The highest BCUT2D eigenvalue weighted by Crippen LogP contribution is 2.27. The average Bonchev–Trinajstić information content (AvgIpc) is 2.27. The Morgan fingerprint density at radius 2 is 2.06 bits per heavy atom. The predicted octanol–water partition coefficient (Wildman–Crippen LogP) is 1.26. The minimum atomic E-state index is -1.12. The van der Waals surface area contributed by atoms with Crippen molar-refractivity contribution in [3.05, 3.63) is 23.8 Å². The zero-order chi connectivity index (χ0) is 13.1. The molecule has 0 fully saturated rings. The first kappa shape index (κ1) is 16.5. The number of ether oxygens (including phenoxy) is 2. The number of benzene rings is 1. The van der Waals surface area contributed by atoms with Crippen LogP contribution in [0.3, 0.4) is 0 Å². The number of carbonyl (C=O) groups is 1. The summed E-state index contributed by atoms with van der Waals surface area (Å²) in [7, 11) is 2.76. The fourth-order valence-corrected chi connectivity index (χ4v) is 1.57. The molecule has 0 saturated heterocycles. The van der Waals surface area contributed by atoms with E-state index in [-0.39, 0.29) is 24.6 Å². The van der Waals surface area contributed by atoms with Crippen molar-refractivity contribution in [1.82, 2.24) is 0 Å². The summed E-state index contributed by atoms with van der Waals surface area (Å²) in [4.78, 5) is 11.4. The van der Waals surface area contributed by atoms with Crippen LogP contribution in [0.25, 0.3) is 0 Å². The Morgan fingerprint density at radius 3 is 2.50 bits per heavy atom. The maximum atomic E-state index is 11.4. The standard InChI is InChI=1S/C12H17NO4.ClH/c1-12(13,11(15)17-3)7-8-4-5-10(16-2)9(14)6-8;/h4-6,14H,7,13H2,1-3H3;1H/t12-;/m0./s1. The Morgan fingerprint density at radius 1 is 1.44 bits per heavy atom. The monoisotopic (exact) mass is 275 g/mol. The van der Waals surface area contributed by atoms with Crippen molar-refractivity contribution in [1.29, 1.82) is 0 Å². The minimum absolute atomic E-state index is 0. The van der Waals surface area contributed by atoms with Crippen LogP contribution in [0.2, 0.25) is 0 Å². The van der Waals surface area contributed by atoms with E-state index >= 15 is 0 Å². The van der Waals surface area contributed by atoms with Crippen molar-refractivity contribution in [3.63, 3.8) is 0 Å². The SMILES string of the molecule is COC(=O)[C@@](C)(N)Cc1ccc(OC)c(O)c1.Cl. The van der Waals surface area contributed by atoms with Gasteiger partial charge in [0.1, 0.15) is 5.54 Å². The number of rotatable bonds is 4. The molecular formula is C12H18ClNO4. The summed E-state index contributed by atoms with van der Waals surface area (Å²) in [5.74, 6) is -0.0935. The van der Waals surface area contributed by atoms with Crippen LogP contribution in [0.15, 0.2) is 18.2 Å². The van der Waals surface area contributed by atoms with Gasteiger partial charge in [0.15, 0.2) is 11.5 Å². The number of aromatic hydroxyl groups is 1. The molecule has 0 aliphatic heterocycles. The first-order valence-electron chi connectivity index (χ1n) is 5.14. The van der Waals surface area contributed by atoms with Crippen LogP contribution in [0.4, 0.5) is 0 Å². The van der Waals surface area contributed by atoms with Crippen molar-refractivity contribution in [3.8, 4) is 11.5 Å². The molecule has 0 unspecified atom stereocenters. The molecule has 0 aliphatic rings. The van der Waals surface area contributed by atoms with Crippen LogP contribution in [0.5, 0.6) is 11.5 Å². The summed E-state index contributed by atoms with van der Waals surface area (Å²) in [6.45, 7) is 1.58. The average molecular weight is 276 g/mol. The van der Waals surface area contributed by atoms with E-state index in [1.54, 1.807) is 19.1 Å². The molecule has 0 aromatic heterocycles. The number of esters is 1. The van der Waals surface area contributed by atoms with Gasteiger partial charge in [0.25, 0.3) is 0 Å². The number of phenolic OH excluding ortho intramolecular Hbond substituents is 1. The second-order valence-corrected chi connectivity index (χ2v) is 4.09. The van der Waals surface area contributed by atoms with Gasteiger partial charge < -0.3 is 20.3 Å². The summed E-state index contributed by atoms with van der Waals surface area (Å²) in [5, 5.41) is 9.60. The molecule has 5 nitrogen and oxygen atoms in total. The molecule has 0 bridgehead atoms. The Bertz CT molecular complexity index is 421. The number of nitrogens with two attached hydrogens (primary N) is 1. The summed E-state index contributed by atoms with van der Waals surface area (Å²) in [6.07, 6.45) is 0.275. The highest BCUT2D eigenvalue weighted by atomic mass is 35.5. The summed E-state index contributed by atoms with van der Waals surface area (Å²) in [5.41, 5.74) is 5.46. The maximum Gasteiger partial charge on any atom is 0.325 e. The van der Waals surface area contributed by atoms with Crippen LogP contribution in [-0.4, -0.2) is 30.8 Å². The van der Waals surface area contributed by atoms with Gasteiger partial charge >= 0.3 is 5.97 Å². The van der Waals surface area contributed by atoms with Gasteiger partial charge in [-0.05, 0) is 24.6 Å². The van der Waals surface area contributed by atoms with Crippen LogP contribution in [-0.2, 0) is 16.0 Å². The summed E-state index contributed by atoms with van der Waals surface area (Å²) in [6, 6.07) is 4.89. The van der Waals surface area contributed by atoms with Gasteiger partial charge in [0.2, 0.25) is 0 Å². The Hall–Kier alpha value is -1.46. The molecule has 0 radical (unpaired) electrons. The molecule has 0 amide bonds. The molecule has 18 heavy (non-hydrogen) atoms. The summed E-state index contributed by atoms with van der Waals surface area (Å²) < 4.78 is 9.54. The Balaban J connectivity index is 0.00000289. The number of halogens is 1. The molecule has 0 aliphatic carbocycles. The molecule has 1 aromatic rings. The molecule has 0 saturated carbocycles. The molecule has 0 heterocycles. The van der Waals surface area contributed by atoms with E-state index in [0.29, 0.717) is 5.75 Å². The van der Waals surface area contributed by atoms with Gasteiger partial charge in [-0.2, -0.15) is 0 Å². The van der Waals surface area contributed by atoms with Gasteiger partial charge in [-0.25, -0.2) is 0 Å². The molecular weight excluding hydrogens is 258 g/mol. The lowest BCUT2D eigenvalue weighted by atomic mass is 9.94. The predicted molar refractivity (Wildman–Crippen MR) is 70.2 cm³/mol. The molecule has 6 heteroatoms. The van der Waals surface area contributed by atoms with Gasteiger partial charge in [-0.1, -0.05) is 6.07 Å². The van der Waals surface area contributed by atoms with Gasteiger partial charge in [-0.3, -0.25) is 4.79 Å². The Labute approximate surface area is 112 Å². The smallest absolute Gasteiger partial charge is 0.325 e. The van der Waals surface area contributed by atoms with E-state index in [2.05, 4.69) is 4.74 Å². The largest absolute Gasteiger partial charge is 0.504 e. The normalized spacial score (nSPS) is 13.1. The van der Waals surface area contributed by atoms with Gasteiger partial charge in [-0.15, -0.1) is 12.4 Å². The van der Waals surface area contributed by atoms with Crippen LogP contribution in [0.1, 0.15) is 12.5 Å². The lowest BCUT2D eigenvalue weighted by Gasteiger charge is -2.21. The molecule has 1 rings (SSSR count). The third-order valence-electron chi connectivity index (χ3n) is 2.47. The number of hydrogen-bond donors (Lipinski definition) is 2. The molecule has 1 atom stereocenters. The van der Waals surface area contributed by atoms with E-state index in [1.807, 2.05) is 0 Å². The molecule has 3 N–H and O–H groups in total. The molecule has 102 valence electrons. The van der Waals surface area contributed by atoms with Crippen LogP contribution < -0.4 is 10.5 Å². The first-order chi connectivity index (χ1) is 7.90. The number of hydrogen-bond acceptors (Lipinski definition) is 5. The van der Waals surface area contributed by atoms with E-state index in [4.69, 9.17) is 10.5 Å². The van der Waals surface area contributed by atoms with E-state index in [0.717, 1.165) is 5.56 Å². The topological polar surface area (TPSA) is 81.8 Å². The van der Waals surface area contributed by atoms with Crippen LogP contribution >= 0.6 is 12.4 Å². The molecule has 0 spiro atoms. The zero-order valence-corrected chi connectivity index (χ0v) is 11.4. The van der Waals surface area contributed by atoms with Crippen molar-refractivity contribution < 1.29 is 19.4 Å². The highest BCUT2D eigenvalue weighted by Gasteiger charge is 2.29. The number of carbonyl (C=O) groups excluding carboxylic acids is 1.